The standard InChI is InChI=1S/C21H15Cl2NS/c22-16-10-12-18(13-11-16)25-15-14-21(19-8-4-5-9-20(19)23)24-17-6-2-1-3-7-17/h1-15H. The van der Waals surface area contributed by atoms with Crippen LogP contribution in [0.25, 0.3) is 0 Å². The van der Waals surface area contributed by atoms with Crippen LogP contribution >= 0.6 is 35.0 Å². The SMILES string of the molecule is Clc1ccc(SC=CC(=Nc2ccccc2)c2ccccc2Cl)cc1. The van der Waals surface area contributed by atoms with E-state index in [4.69, 9.17) is 28.2 Å². The largest absolute Gasteiger partial charge is 0.248 e. The molecule has 0 amide bonds. The van der Waals surface area contributed by atoms with Gasteiger partial charge >= 0.3 is 0 Å². The highest BCUT2D eigenvalue weighted by Crippen LogP contribution is 2.24. The van der Waals surface area contributed by atoms with Crippen molar-refractivity contribution in [1.82, 2.24) is 0 Å². The maximum atomic E-state index is 6.36. The number of benzene rings is 3. The second-order valence-electron chi connectivity index (χ2n) is 5.19. The number of aliphatic imine (C=N–C) groups is 1. The van der Waals surface area contributed by atoms with Gasteiger partial charge in [0.25, 0.3) is 0 Å². The summed E-state index contributed by atoms with van der Waals surface area (Å²) in [5, 5.41) is 3.42. The fourth-order valence-corrected chi connectivity index (χ4v) is 3.19. The summed E-state index contributed by atoms with van der Waals surface area (Å²) < 4.78 is 0. The first-order valence-electron chi connectivity index (χ1n) is 7.70. The molecule has 0 N–H and O–H groups in total. The molecule has 0 heterocycles. The van der Waals surface area contributed by atoms with Gasteiger partial charge in [-0.05, 0) is 53.9 Å². The van der Waals surface area contributed by atoms with Crippen molar-refractivity contribution in [3.05, 3.63) is 106 Å². The summed E-state index contributed by atoms with van der Waals surface area (Å²) in [5.41, 5.74) is 2.61. The van der Waals surface area contributed by atoms with Crippen molar-refractivity contribution < 1.29 is 0 Å². The zero-order valence-corrected chi connectivity index (χ0v) is 15.6. The highest BCUT2D eigenvalue weighted by Gasteiger charge is 2.05. The van der Waals surface area contributed by atoms with Crippen molar-refractivity contribution in [3.8, 4) is 0 Å². The molecule has 0 fully saturated rings. The highest BCUT2D eigenvalue weighted by atomic mass is 35.5. The Bertz CT molecular complexity index is 887. The number of allylic oxidation sites excluding steroid dienone is 1. The molecule has 0 spiro atoms. The summed E-state index contributed by atoms with van der Waals surface area (Å²) in [7, 11) is 0. The lowest BCUT2D eigenvalue weighted by molar-refractivity contribution is 1.47. The predicted octanol–water partition coefficient (Wildman–Crippen LogP) is 7.42. The van der Waals surface area contributed by atoms with Crippen molar-refractivity contribution in [2.24, 2.45) is 4.99 Å². The first kappa shape index (κ1) is 17.8. The van der Waals surface area contributed by atoms with Crippen LogP contribution in [0.15, 0.2) is 100 Å². The molecular weight excluding hydrogens is 369 g/mol. The Morgan fingerprint density at radius 2 is 1.48 bits per heavy atom. The molecule has 0 aromatic heterocycles. The minimum Gasteiger partial charge on any atom is -0.248 e. The van der Waals surface area contributed by atoms with Crippen molar-refractivity contribution in [3.63, 3.8) is 0 Å². The van der Waals surface area contributed by atoms with Crippen LogP contribution in [-0.2, 0) is 0 Å². The van der Waals surface area contributed by atoms with Crippen LogP contribution in [0.3, 0.4) is 0 Å². The molecular formula is C21H15Cl2NS. The lowest BCUT2D eigenvalue weighted by Gasteiger charge is -2.05. The van der Waals surface area contributed by atoms with Crippen LogP contribution in [0.5, 0.6) is 0 Å². The molecule has 0 atom stereocenters. The van der Waals surface area contributed by atoms with Crippen LogP contribution in [0, 0.1) is 0 Å². The van der Waals surface area contributed by atoms with E-state index in [1.807, 2.05) is 90.3 Å². The monoisotopic (exact) mass is 383 g/mol. The van der Waals surface area contributed by atoms with E-state index in [-0.39, 0.29) is 0 Å². The smallest absolute Gasteiger partial charge is 0.0729 e. The maximum absolute atomic E-state index is 6.36. The van der Waals surface area contributed by atoms with Gasteiger partial charge < -0.3 is 0 Å². The van der Waals surface area contributed by atoms with E-state index in [2.05, 4.69) is 0 Å². The number of para-hydroxylation sites is 1. The Morgan fingerprint density at radius 1 is 0.800 bits per heavy atom. The summed E-state index contributed by atoms with van der Waals surface area (Å²) >= 11 is 13.9. The topological polar surface area (TPSA) is 12.4 Å². The van der Waals surface area contributed by atoms with Gasteiger partial charge in [0.1, 0.15) is 0 Å². The number of thioether (sulfide) groups is 1. The quantitative estimate of drug-likeness (QED) is 0.329. The third-order valence-corrected chi connectivity index (χ3v) is 4.80. The molecule has 3 rings (SSSR count). The molecule has 0 aliphatic carbocycles. The Hall–Kier alpha value is -2.00. The van der Waals surface area contributed by atoms with E-state index < -0.39 is 0 Å². The fraction of sp³-hybridized carbons (Fsp3) is 0. The molecule has 0 aliphatic heterocycles. The van der Waals surface area contributed by atoms with Crippen LogP contribution < -0.4 is 0 Å². The summed E-state index contributed by atoms with van der Waals surface area (Å²) in [4.78, 5) is 5.86. The van der Waals surface area contributed by atoms with Gasteiger partial charge in [-0.1, -0.05) is 71.4 Å². The van der Waals surface area contributed by atoms with Gasteiger partial charge in [-0.15, -0.1) is 0 Å². The first-order chi connectivity index (χ1) is 12.2. The minimum atomic E-state index is 0.679. The lowest BCUT2D eigenvalue weighted by atomic mass is 10.1. The summed E-state index contributed by atoms with van der Waals surface area (Å²) in [5.74, 6) is 0. The number of nitrogens with zero attached hydrogens (tertiary/aromatic N) is 1. The Morgan fingerprint density at radius 3 is 2.20 bits per heavy atom. The Balaban J connectivity index is 1.89. The molecule has 0 saturated carbocycles. The Labute approximate surface area is 162 Å². The average Bonchev–Trinajstić information content (AvgIpc) is 2.64. The predicted molar refractivity (Wildman–Crippen MR) is 111 cm³/mol. The summed E-state index contributed by atoms with van der Waals surface area (Å²) in [6.07, 6.45) is 1.98. The van der Waals surface area contributed by atoms with Crippen molar-refractivity contribution in [2.75, 3.05) is 0 Å². The zero-order chi connectivity index (χ0) is 17.5. The number of halogens is 2. The van der Waals surface area contributed by atoms with E-state index >= 15 is 0 Å². The minimum absolute atomic E-state index is 0.679. The molecule has 0 aliphatic rings. The molecule has 25 heavy (non-hydrogen) atoms. The number of rotatable bonds is 5. The van der Waals surface area contributed by atoms with Crippen LogP contribution in [0.2, 0.25) is 10.0 Å². The molecule has 0 unspecified atom stereocenters. The summed E-state index contributed by atoms with van der Waals surface area (Å²) in [6.45, 7) is 0. The molecule has 3 aromatic rings. The normalized spacial score (nSPS) is 11.8. The molecule has 124 valence electrons. The third-order valence-electron chi connectivity index (χ3n) is 3.40. The first-order valence-corrected chi connectivity index (χ1v) is 9.33. The second kappa shape index (κ2) is 8.91. The van der Waals surface area contributed by atoms with Gasteiger partial charge in [-0.3, -0.25) is 0 Å². The van der Waals surface area contributed by atoms with E-state index in [0.717, 1.165) is 26.9 Å². The molecule has 4 heteroatoms. The van der Waals surface area contributed by atoms with Gasteiger partial charge in [0.15, 0.2) is 0 Å². The zero-order valence-electron chi connectivity index (χ0n) is 13.3. The van der Waals surface area contributed by atoms with Crippen molar-refractivity contribution in [2.45, 2.75) is 4.90 Å². The van der Waals surface area contributed by atoms with Crippen molar-refractivity contribution in [1.29, 1.82) is 0 Å². The number of hydrogen-bond acceptors (Lipinski definition) is 2. The summed E-state index contributed by atoms with van der Waals surface area (Å²) in [6, 6.07) is 25.3. The molecule has 0 bridgehead atoms. The van der Waals surface area contributed by atoms with Gasteiger partial charge in [-0.2, -0.15) is 0 Å². The number of hydrogen-bond donors (Lipinski definition) is 0. The molecule has 0 saturated heterocycles. The maximum Gasteiger partial charge on any atom is 0.0729 e. The lowest BCUT2D eigenvalue weighted by Crippen LogP contribution is -1.97. The van der Waals surface area contributed by atoms with Gasteiger partial charge in [0.05, 0.1) is 11.4 Å². The van der Waals surface area contributed by atoms with Crippen molar-refractivity contribution >= 4 is 46.4 Å². The van der Waals surface area contributed by atoms with Gasteiger partial charge in [0.2, 0.25) is 0 Å². The Kier molecular flexibility index (Phi) is 6.35. The highest BCUT2D eigenvalue weighted by molar-refractivity contribution is 8.02. The van der Waals surface area contributed by atoms with E-state index in [9.17, 15) is 0 Å². The van der Waals surface area contributed by atoms with Crippen LogP contribution in [0.4, 0.5) is 5.69 Å². The average molecular weight is 384 g/mol. The van der Waals surface area contributed by atoms with Crippen LogP contribution in [0.1, 0.15) is 5.56 Å². The van der Waals surface area contributed by atoms with E-state index in [1.165, 1.54) is 0 Å². The molecule has 3 aromatic carbocycles. The molecule has 1 nitrogen and oxygen atoms in total. The van der Waals surface area contributed by atoms with E-state index in [1.54, 1.807) is 11.8 Å². The van der Waals surface area contributed by atoms with Gasteiger partial charge in [-0.25, -0.2) is 4.99 Å². The fourth-order valence-electron chi connectivity index (χ4n) is 2.19. The third kappa shape index (κ3) is 5.23. The molecule has 0 radical (unpaired) electrons. The second-order valence-corrected chi connectivity index (χ2v) is 7.01. The van der Waals surface area contributed by atoms with E-state index in [0.29, 0.717) is 5.02 Å². The van der Waals surface area contributed by atoms with Gasteiger partial charge in [0, 0.05) is 20.5 Å². The van der Waals surface area contributed by atoms with Crippen LogP contribution in [-0.4, -0.2) is 5.71 Å².